The molecule has 2 heterocycles. The number of amides is 1. The van der Waals surface area contributed by atoms with E-state index in [0.717, 1.165) is 47.8 Å². The fourth-order valence-electron chi connectivity index (χ4n) is 4.05. The minimum Gasteiger partial charge on any atom is -0.444 e. The number of ether oxygens (including phenoxy) is 1. The topological polar surface area (TPSA) is 95.1 Å². The number of hydrogen-bond acceptors (Lipinski definition) is 6. The summed E-state index contributed by atoms with van der Waals surface area (Å²) in [5, 5.41) is 12.8. The van der Waals surface area contributed by atoms with Crippen molar-refractivity contribution in [2.45, 2.75) is 70.9 Å². The van der Waals surface area contributed by atoms with Gasteiger partial charge in [0.2, 0.25) is 11.7 Å². The molecule has 0 spiro atoms. The number of aryl methyl sites for hydroxylation is 2. The molecule has 1 aromatic carbocycles. The third-order valence-electron chi connectivity index (χ3n) is 5.53. The van der Waals surface area contributed by atoms with Gasteiger partial charge in [-0.25, -0.2) is 4.79 Å². The van der Waals surface area contributed by atoms with Crippen LogP contribution in [0.1, 0.15) is 64.0 Å². The van der Waals surface area contributed by atoms with Crippen molar-refractivity contribution in [3.63, 3.8) is 0 Å². The van der Waals surface area contributed by atoms with Gasteiger partial charge in [-0.2, -0.15) is 10.1 Å². The molecule has 0 radical (unpaired) electrons. The van der Waals surface area contributed by atoms with E-state index in [1.807, 2.05) is 51.6 Å². The molecule has 4 rings (SSSR count). The van der Waals surface area contributed by atoms with E-state index < -0.39 is 5.60 Å². The Hall–Kier alpha value is -2.90. The van der Waals surface area contributed by atoms with Crippen LogP contribution in [0.3, 0.4) is 0 Å². The Kier molecular flexibility index (Phi) is 5.26. The number of rotatable bonds is 3. The summed E-state index contributed by atoms with van der Waals surface area (Å²) in [5.74, 6) is 1.48. The van der Waals surface area contributed by atoms with Crippen LogP contribution in [0.2, 0.25) is 0 Å². The van der Waals surface area contributed by atoms with E-state index in [1.54, 1.807) is 0 Å². The fourth-order valence-corrected chi connectivity index (χ4v) is 4.05. The molecule has 30 heavy (non-hydrogen) atoms. The van der Waals surface area contributed by atoms with Gasteiger partial charge in [0.25, 0.3) is 0 Å². The first-order valence-corrected chi connectivity index (χ1v) is 10.5. The second-order valence-electron chi connectivity index (χ2n) is 9.09. The van der Waals surface area contributed by atoms with Crippen molar-refractivity contribution in [3.05, 3.63) is 29.8 Å². The second kappa shape index (κ2) is 7.74. The van der Waals surface area contributed by atoms with Gasteiger partial charge in [-0.05, 0) is 59.4 Å². The smallest absolute Gasteiger partial charge is 0.407 e. The Morgan fingerprint density at radius 3 is 2.67 bits per heavy atom. The van der Waals surface area contributed by atoms with Crippen molar-refractivity contribution in [1.29, 1.82) is 0 Å². The molecular weight excluding hydrogens is 382 g/mol. The summed E-state index contributed by atoms with van der Waals surface area (Å²) in [6.07, 6.45) is 3.15. The second-order valence-corrected chi connectivity index (χ2v) is 9.09. The first kappa shape index (κ1) is 20.4. The maximum absolute atomic E-state index is 12.0. The number of benzene rings is 1. The molecule has 0 aliphatic heterocycles. The van der Waals surface area contributed by atoms with Crippen LogP contribution < -0.4 is 5.32 Å². The SMILES string of the molecule is Cc1nn(C)c2cc(-c3noc(C4CCC(NC(=O)OC(C)(C)C)CC4)n3)ccc12. The number of nitrogens with zero attached hydrogens (tertiary/aromatic N) is 4. The number of alkyl carbamates (subject to hydrolysis) is 1. The molecule has 160 valence electrons. The van der Waals surface area contributed by atoms with E-state index in [4.69, 9.17) is 9.26 Å². The van der Waals surface area contributed by atoms with E-state index in [-0.39, 0.29) is 18.1 Å². The summed E-state index contributed by atoms with van der Waals surface area (Å²) in [4.78, 5) is 16.6. The van der Waals surface area contributed by atoms with Gasteiger partial charge in [-0.15, -0.1) is 0 Å². The number of carbonyl (C=O) groups excluding carboxylic acids is 1. The van der Waals surface area contributed by atoms with Crippen molar-refractivity contribution in [2.75, 3.05) is 0 Å². The Bertz CT molecular complexity index is 1050. The average Bonchev–Trinajstić information content (AvgIpc) is 3.26. The highest BCUT2D eigenvalue weighted by molar-refractivity contribution is 5.85. The van der Waals surface area contributed by atoms with E-state index in [0.29, 0.717) is 11.7 Å². The van der Waals surface area contributed by atoms with Gasteiger partial charge < -0.3 is 14.6 Å². The van der Waals surface area contributed by atoms with Gasteiger partial charge >= 0.3 is 6.09 Å². The summed E-state index contributed by atoms with van der Waals surface area (Å²) >= 11 is 0. The number of fused-ring (bicyclic) bond motifs is 1. The normalized spacial score (nSPS) is 19.8. The summed E-state index contributed by atoms with van der Waals surface area (Å²) in [6.45, 7) is 7.60. The fraction of sp³-hybridized carbons (Fsp3) is 0.545. The summed E-state index contributed by atoms with van der Waals surface area (Å²) < 4.78 is 12.8. The van der Waals surface area contributed by atoms with Gasteiger partial charge in [0.05, 0.1) is 11.2 Å². The van der Waals surface area contributed by atoms with Crippen molar-refractivity contribution in [2.24, 2.45) is 7.05 Å². The molecule has 1 amide bonds. The summed E-state index contributed by atoms with van der Waals surface area (Å²) in [6, 6.07) is 6.23. The van der Waals surface area contributed by atoms with E-state index in [1.165, 1.54) is 0 Å². The first-order valence-electron chi connectivity index (χ1n) is 10.5. The third kappa shape index (κ3) is 4.32. The minimum atomic E-state index is -0.487. The highest BCUT2D eigenvalue weighted by Crippen LogP contribution is 2.33. The third-order valence-corrected chi connectivity index (χ3v) is 5.53. The van der Waals surface area contributed by atoms with E-state index >= 15 is 0 Å². The molecule has 0 unspecified atom stereocenters. The van der Waals surface area contributed by atoms with Crippen molar-refractivity contribution in [1.82, 2.24) is 25.2 Å². The van der Waals surface area contributed by atoms with Gasteiger partial charge in [-0.1, -0.05) is 17.3 Å². The van der Waals surface area contributed by atoms with Gasteiger partial charge in [0, 0.05) is 30.0 Å². The minimum absolute atomic E-state index is 0.119. The molecule has 1 saturated carbocycles. The molecule has 0 atom stereocenters. The number of hydrogen-bond donors (Lipinski definition) is 1. The van der Waals surface area contributed by atoms with Crippen molar-refractivity contribution < 1.29 is 14.1 Å². The van der Waals surface area contributed by atoms with Crippen LogP contribution in [0.25, 0.3) is 22.3 Å². The molecule has 0 saturated heterocycles. The zero-order valence-corrected chi connectivity index (χ0v) is 18.2. The molecule has 1 aliphatic carbocycles. The first-order chi connectivity index (χ1) is 14.2. The van der Waals surface area contributed by atoms with Crippen molar-refractivity contribution in [3.8, 4) is 11.4 Å². The molecule has 8 heteroatoms. The molecule has 1 aliphatic rings. The monoisotopic (exact) mass is 411 g/mol. The van der Waals surface area contributed by atoms with Crippen LogP contribution >= 0.6 is 0 Å². The van der Waals surface area contributed by atoms with Crippen molar-refractivity contribution >= 4 is 17.0 Å². The van der Waals surface area contributed by atoms with Crippen LogP contribution in [0.5, 0.6) is 0 Å². The Morgan fingerprint density at radius 1 is 1.23 bits per heavy atom. The number of aromatic nitrogens is 4. The lowest BCUT2D eigenvalue weighted by atomic mass is 9.86. The van der Waals surface area contributed by atoms with Crippen LogP contribution in [-0.2, 0) is 11.8 Å². The Labute approximate surface area is 176 Å². The predicted molar refractivity (Wildman–Crippen MR) is 113 cm³/mol. The van der Waals surface area contributed by atoms with E-state index in [2.05, 4.69) is 26.6 Å². The lowest BCUT2D eigenvalue weighted by Crippen LogP contribution is -2.40. The van der Waals surface area contributed by atoms with Crippen LogP contribution in [0, 0.1) is 6.92 Å². The van der Waals surface area contributed by atoms with Crippen LogP contribution in [-0.4, -0.2) is 37.7 Å². The maximum atomic E-state index is 12.0. The number of carbonyl (C=O) groups is 1. The van der Waals surface area contributed by atoms with Gasteiger partial charge in [-0.3, -0.25) is 4.68 Å². The molecule has 2 aromatic heterocycles. The zero-order valence-electron chi connectivity index (χ0n) is 18.2. The maximum Gasteiger partial charge on any atom is 0.407 e. The molecule has 3 aromatic rings. The largest absolute Gasteiger partial charge is 0.444 e. The predicted octanol–water partition coefficient (Wildman–Crippen LogP) is 4.48. The highest BCUT2D eigenvalue weighted by Gasteiger charge is 2.28. The Balaban J connectivity index is 1.39. The lowest BCUT2D eigenvalue weighted by Gasteiger charge is -2.28. The summed E-state index contributed by atoms with van der Waals surface area (Å²) in [5.41, 5.74) is 2.48. The lowest BCUT2D eigenvalue weighted by molar-refractivity contribution is 0.0490. The average molecular weight is 412 g/mol. The van der Waals surface area contributed by atoms with Gasteiger partial charge in [0.1, 0.15) is 5.60 Å². The van der Waals surface area contributed by atoms with Crippen LogP contribution in [0.4, 0.5) is 4.79 Å². The summed E-state index contributed by atoms with van der Waals surface area (Å²) in [7, 11) is 1.94. The number of nitrogens with one attached hydrogen (secondary N) is 1. The molecule has 0 bridgehead atoms. The molecule has 8 nitrogen and oxygen atoms in total. The highest BCUT2D eigenvalue weighted by atomic mass is 16.6. The Morgan fingerprint density at radius 2 is 1.97 bits per heavy atom. The molecule has 1 N–H and O–H groups in total. The van der Waals surface area contributed by atoms with E-state index in [9.17, 15) is 4.79 Å². The van der Waals surface area contributed by atoms with Crippen LogP contribution in [0.15, 0.2) is 22.7 Å². The zero-order chi connectivity index (χ0) is 21.5. The molecule has 1 fully saturated rings. The quantitative estimate of drug-likeness (QED) is 0.683. The van der Waals surface area contributed by atoms with Gasteiger partial charge in [0.15, 0.2) is 0 Å². The molecular formula is C22H29N5O3. The standard InChI is InChI=1S/C22H29N5O3/c1-13-17-11-8-15(12-18(17)27(5)25-13)19-24-20(30-26-19)14-6-9-16(10-7-14)23-21(28)29-22(2,3)4/h8,11-12,14,16H,6-7,9-10H2,1-5H3,(H,23,28).